The molecule has 0 saturated carbocycles. The number of halogens is 2. The molecular weight excluding hydrogens is 395 g/mol. The van der Waals surface area contributed by atoms with Crippen molar-refractivity contribution in [3.63, 3.8) is 0 Å². The topological polar surface area (TPSA) is 74.5 Å². The Bertz CT molecular complexity index is 913. The lowest BCUT2D eigenvalue weighted by Gasteiger charge is -2.05. The van der Waals surface area contributed by atoms with Gasteiger partial charge in [-0.25, -0.2) is 9.18 Å². The van der Waals surface area contributed by atoms with Gasteiger partial charge in [-0.05, 0) is 40.2 Å². The molecule has 0 spiro atoms. The number of hydrogen-bond acceptors (Lipinski definition) is 6. The molecule has 6 nitrogen and oxygen atoms in total. The third kappa shape index (κ3) is 3.85. The van der Waals surface area contributed by atoms with Gasteiger partial charge in [0.1, 0.15) is 11.6 Å². The molecule has 0 bridgehead atoms. The van der Waals surface area contributed by atoms with E-state index in [9.17, 15) is 9.18 Å². The molecule has 2 aromatic carbocycles. The smallest absolute Gasteiger partial charge is 0.341 e. The van der Waals surface area contributed by atoms with Crippen LogP contribution in [-0.2, 0) is 11.3 Å². The second-order valence-electron chi connectivity index (χ2n) is 4.90. The van der Waals surface area contributed by atoms with Gasteiger partial charge < -0.3 is 13.9 Å². The summed E-state index contributed by atoms with van der Waals surface area (Å²) < 4.78 is 30.0. The molecular formula is C17H12BrFN2O4. The normalized spacial score (nSPS) is 10.5. The Hall–Kier alpha value is -2.74. The quantitative estimate of drug-likeness (QED) is 0.596. The maximum absolute atomic E-state index is 13.8. The van der Waals surface area contributed by atoms with Crippen LogP contribution in [0.4, 0.5) is 4.39 Å². The highest BCUT2D eigenvalue weighted by Crippen LogP contribution is 2.26. The summed E-state index contributed by atoms with van der Waals surface area (Å²) in [6, 6.07) is 11.2. The molecule has 3 aromatic rings. The van der Waals surface area contributed by atoms with Crippen molar-refractivity contribution < 1.29 is 23.1 Å². The molecule has 1 aromatic heterocycles. The van der Waals surface area contributed by atoms with E-state index in [4.69, 9.17) is 13.9 Å². The van der Waals surface area contributed by atoms with Gasteiger partial charge in [-0.1, -0.05) is 12.1 Å². The summed E-state index contributed by atoms with van der Waals surface area (Å²) in [6.07, 6.45) is 0. The molecule has 0 saturated heterocycles. The Morgan fingerprint density at radius 3 is 2.76 bits per heavy atom. The largest absolute Gasteiger partial charge is 0.497 e. The highest BCUT2D eigenvalue weighted by atomic mass is 79.9. The van der Waals surface area contributed by atoms with Gasteiger partial charge in [0, 0.05) is 10.5 Å². The molecule has 0 aliphatic carbocycles. The molecule has 0 aliphatic heterocycles. The number of carbonyl (C=O) groups excluding carboxylic acids is 1. The van der Waals surface area contributed by atoms with Crippen LogP contribution >= 0.6 is 15.9 Å². The number of hydrogen-bond donors (Lipinski definition) is 0. The standard InChI is InChI=1S/C17H12BrFN2O4/c1-23-10-6-7-12(14(19)8-10)17(22)24-9-15-20-21-16(25-15)11-4-2-3-5-13(11)18/h2-8H,9H2,1H3. The minimum Gasteiger partial charge on any atom is -0.497 e. The zero-order valence-corrected chi connectivity index (χ0v) is 14.6. The third-order valence-corrected chi connectivity index (χ3v) is 3.99. The van der Waals surface area contributed by atoms with E-state index in [1.165, 1.54) is 19.2 Å². The molecule has 8 heteroatoms. The Morgan fingerprint density at radius 2 is 2.04 bits per heavy atom. The fraction of sp³-hybridized carbons (Fsp3) is 0.118. The van der Waals surface area contributed by atoms with E-state index < -0.39 is 11.8 Å². The zero-order valence-electron chi connectivity index (χ0n) is 13.0. The molecule has 0 fully saturated rings. The van der Waals surface area contributed by atoms with Gasteiger partial charge >= 0.3 is 5.97 Å². The Labute approximate surface area is 150 Å². The second kappa shape index (κ2) is 7.43. The van der Waals surface area contributed by atoms with Crippen molar-refractivity contribution in [2.75, 3.05) is 7.11 Å². The lowest BCUT2D eigenvalue weighted by Crippen LogP contribution is -2.08. The third-order valence-electron chi connectivity index (χ3n) is 3.29. The van der Waals surface area contributed by atoms with Gasteiger partial charge in [0.2, 0.25) is 5.89 Å². The van der Waals surface area contributed by atoms with E-state index in [2.05, 4.69) is 26.1 Å². The highest BCUT2D eigenvalue weighted by Gasteiger charge is 2.17. The van der Waals surface area contributed by atoms with Gasteiger partial charge in [0.25, 0.3) is 5.89 Å². The Morgan fingerprint density at radius 1 is 1.24 bits per heavy atom. The molecule has 0 radical (unpaired) electrons. The van der Waals surface area contributed by atoms with Gasteiger partial charge in [-0.2, -0.15) is 0 Å². The molecule has 0 atom stereocenters. The highest BCUT2D eigenvalue weighted by molar-refractivity contribution is 9.10. The van der Waals surface area contributed by atoms with Crippen molar-refractivity contribution in [3.05, 3.63) is 64.2 Å². The van der Waals surface area contributed by atoms with Crippen LogP contribution in [-0.4, -0.2) is 23.3 Å². The fourth-order valence-electron chi connectivity index (χ4n) is 2.05. The van der Waals surface area contributed by atoms with Crippen LogP contribution in [0.2, 0.25) is 0 Å². The van der Waals surface area contributed by atoms with E-state index in [0.717, 1.165) is 10.5 Å². The van der Waals surface area contributed by atoms with Crippen LogP contribution in [0, 0.1) is 5.82 Å². The number of benzene rings is 2. The summed E-state index contributed by atoms with van der Waals surface area (Å²) in [7, 11) is 1.41. The van der Waals surface area contributed by atoms with Crippen molar-refractivity contribution in [1.82, 2.24) is 10.2 Å². The van der Waals surface area contributed by atoms with Crippen molar-refractivity contribution >= 4 is 21.9 Å². The molecule has 3 rings (SSSR count). The van der Waals surface area contributed by atoms with Crippen molar-refractivity contribution in [1.29, 1.82) is 0 Å². The molecule has 1 heterocycles. The fourth-order valence-corrected chi connectivity index (χ4v) is 2.50. The van der Waals surface area contributed by atoms with Crippen LogP contribution in [0.3, 0.4) is 0 Å². The molecule has 0 aliphatic rings. The van der Waals surface area contributed by atoms with E-state index in [1.807, 2.05) is 18.2 Å². The van der Waals surface area contributed by atoms with Gasteiger partial charge in [0.05, 0.1) is 18.2 Å². The van der Waals surface area contributed by atoms with Gasteiger partial charge in [0.15, 0.2) is 6.61 Å². The summed E-state index contributed by atoms with van der Waals surface area (Å²) in [5, 5.41) is 7.73. The monoisotopic (exact) mass is 406 g/mol. The van der Waals surface area contributed by atoms with Gasteiger partial charge in [-0.3, -0.25) is 0 Å². The van der Waals surface area contributed by atoms with E-state index in [0.29, 0.717) is 11.3 Å². The average molecular weight is 407 g/mol. The van der Waals surface area contributed by atoms with Crippen molar-refractivity contribution in [3.8, 4) is 17.2 Å². The number of rotatable bonds is 5. The van der Waals surface area contributed by atoms with Crippen LogP contribution in [0.25, 0.3) is 11.5 Å². The number of nitrogens with zero attached hydrogens (tertiary/aromatic N) is 2. The van der Waals surface area contributed by atoms with Crippen LogP contribution in [0.5, 0.6) is 5.75 Å². The first-order valence-electron chi connectivity index (χ1n) is 7.16. The summed E-state index contributed by atoms with van der Waals surface area (Å²) in [5.41, 5.74) is 0.514. The number of aromatic nitrogens is 2. The minimum absolute atomic E-state index is 0.105. The lowest BCUT2D eigenvalue weighted by atomic mass is 10.2. The molecule has 128 valence electrons. The van der Waals surface area contributed by atoms with E-state index >= 15 is 0 Å². The minimum atomic E-state index is -0.833. The summed E-state index contributed by atoms with van der Waals surface area (Å²) in [5.74, 6) is -0.865. The number of ether oxygens (including phenoxy) is 2. The summed E-state index contributed by atoms with van der Waals surface area (Å²) in [4.78, 5) is 12.0. The van der Waals surface area contributed by atoms with Crippen LogP contribution < -0.4 is 4.74 Å². The lowest BCUT2D eigenvalue weighted by molar-refractivity contribution is 0.0433. The zero-order chi connectivity index (χ0) is 17.8. The summed E-state index contributed by atoms with van der Waals surface area (Å²) in [6.45, 7) is -0.262. The van der Waals surface area contributed by atoms with Crippen molar-refractivity contribution in [2.24, 2.45) is 0 Å². The first-order chi connectivity index (χ1) is 12.1. The average Bonchev–Trinajstić information content (AvgIpc) is 3.08. The number of methoxy groups -OCH3 is 1. The predicted molar refractivity (Wildman–Crippen MR) is 89.5 cm³/mol. The molecule has 25 heavy (non-hydrogen) atoms. The van der Waals surface area contributed by atoms with Crippen molar-refractivity contribution in [2.45, 2.75) is 6.61 Å². The molecule has 0 N–H and O–H groups in total. The first kappa shape index (κ1) is 17.1. The number of carbonyl (C=O) groups is 1. The van der Waals surface area contributed by atoms with Gasteiger partial charge in [-0.15, -0.1) is 10.2 Å². The predicted octanol–water partition coefficient (Wildman–Crippen LogP) is 4.00. The van der Waals surface area contributed by atoms with E-state index in [-0.39, 0.29) is 24.0 Å². The van der Waals surface area contributed by atoms with E-state index in [1.54, 1.807) is 6.07 Å². The molecule has 0 unspecified atom stereocenters. The maximum Gasteiger partial charge on any atom is 0.341 e. The maximum atomic E-state index is 13.8. The second-order valence-corrected chi connectivity index (χ2v) is 5.76. The van der Waals surface area contributed by atoms with Crippen LogP contribution in [0.15, 0.2) is 51.4 Å². The Balaban J connectivity index is 1.68. The first-order valence-corrected chi connectivity index (χ1v) is 7.95. The number of esters is 1. The molecule has 0 amide bonds. The Kier molecular flexibility index (Phi) is 5.08. The SMILES string of the molecule is COc1ccc(C(=O)OCc2nnc(-c3ccccc3Br)o2)c(F)c1. The summed E-state index contributed by atoms with van der Waals surface area (Å²) >= 11 is 3.39. The van der Waals surface area contributed by atoms with Crippen LogP contribution in [0.1, 0.15) is 16.2 Å².